The van der Waals surface area contributed by atoms with E-state index in [1.807, 2.05) is 24.3 Å². The molecule has 0 bridgehead atoms. The van der Waals surface area contributed by atoms with Gasteiger partial charge in [-0.3, -0.25) is 9.59 Å². The second-order valence-corrected chi connectivity index (χ2v) is 6.25. The molecule has 0 fully saturated rings. The van der Waals surface area contributed by atoms with Crippen LogP contribution in [0.15, 0.2) is 28.7 Å². The fourth-order valence-corrected chi connectivity index (χ4v) is 2.08. The van der Waals surface area contributed by atoms with Gasteiger partial charge in [-0.15, -0.1) is 0 Å². The van der Waals surface area contributed by atoms with Crippen LogP contribution in [0.5, 0.6) is 0 Å². The maximum atomic E-state index is 12.3. The molecular formula is C14H18BrNO3. The minimum Gasteiger partial charge on any atom is -0.480 e. The zero-order valence-electron chi connectivity index (χ0n) is 11.3. The first kappa shape index (κ1) is 15.7. The molecule has 0 saturated carbocycles. The standard InChI is InChI=1S/C14H18BrNO3/c1-14(2,3)13(19)16(9-12(17)18)8-10-6-4-5-7-11(10)15/h4-7H,8-9H2,1-3H3,(H,17,18). The summed E-state index contributed by atoms with van der Waals surface area (Å²) < 4.78 is 0.868. The topological polar surface area (TPSA) is 57.6 Å². The molecular weight excluding hydrogens is 310 g/mol. The van der Waals surface area contributed by atoms with E-state index in [1.165, 1.54) is 4.90 Å². The van der Waals surface area contributed by atoms with Gasteiger partial charge in [-0.1, -0.05) is 54.9 Å². The van der Waals surface area contributed by atoms with Crippen molar-refractivity contribution in [3.05, 3.63) is 34.3 Å². The molecule has 0 unspecified atom stereocenters. The molecule has 0 aliphatic heterocycles. The van der Waals surface area contributed by atoms with Gasteiger partial charge in [-0.05, 0) is 11.6 Å². The Morgan fingerprint density at radius 1 is 1.26 bits per heavy atom. The monoisotopic (exact) mass is 327 g/mol. The molecule has 1 aromatic carbocycles. The Labute approximate surface area is 121 Å². The molecule has 1 amide bonds. The van der Waals surface area contributed by atoms with Crippen LogP contribution in [0.2, 0.25) is 0 Å². The van der Waals surface area contributed by atoms with Crippen molar-refractivity contribution in [2.45, 2.75) is 27.3 Å². The summed E-state index contributed by atoms with van der Waals surface area (Å²) in [6.45, 7) is 5.33. The predicted octanol–water partition coefficient (Wildman–Crippen LogP) is 2.91. The number of hydrogen-bond acceptors (Lipinski definition) is 2. The Morgan fingerprint density at radius 2 is 1.84 bits per heavy atom. The average Bonchev–Trinajstić information content (AvgIpc) is 2.28. The lowest BCUT2D eigenvalue weighted by molar-refractivity contribution is -0.148. The highest BCUT2D eigenvalue weighted by atomic mass is 79.9. The number of carboxylic acids is 1. The van der Waals surface area contributed by atoms with Crippen LogP contribution in [-0.2, 0) is 16.1 Å². The fraction of sp³-hybridized carbons (Fsp3) is 0.429. The zero-order chi connectivity index (χ0) is 14.6. The number of hydrogen-bond donors (Lipinski definition) is 1. The van der Waals surface area contributed by atoms with Crippen molar-refractivity contribution < 1.29 is 14.7 Å². The van der Waals surface area contributed by atoms with E-state index in [0.717, 1.165) is 10.0 Å². The maximum absolute atomic E-state index is 12.3. The van der Waals surface area contributed by atoms with Crippen LogP contribution in [0, 0.1) is 5.41 Å². The second kappa shape index (κ2) is 6.19. The Morgan fingerprint density at radius 3 is 2.32 bits per heavy atom. The molecule has 0 spiro atoms. The molecule has 4 nitrogen and oxygen atoms in total. The van der Waals surface area contributed by atoms with Crippen molar-refractivity contribution in [2.24, 2.45) is 5.41 Å². The summed E-state index contributed by atoms with van der Waals surface area (Å²) in [5, 5.41) is 8.94. The quantitative estimate of drug-likeness (QED) is 0.925. The Kier molecular flexibility index (Phi) is 5.11. The molecule has 1 N–H and O–H groups in total. The van der Waals surface area contributed by atoms with Crippen LogP contribution in [0.1, 0.15) is 26.3 Å². The smallest absolute Gasteiger partial charge is 0.323 e. The van der Waals surface area contributed by atoms with E-state index >= 15 is 0 Å². The van der Waals surface area contributed by atoms with Crippen LogP contribution in [0.25, 0.3) is 0 Å². The highest BCUT2D eigenvalue weighted by Crippen LogP contribution is 2.22. The van der Waals surface area contributed by atoms with Gasteiger partial charge in [0.05, 0.1) is 0 Å². The SMILES string of the molecule is CC(C)(C)C(=O)N(CC(=O)O)Cc1ccccc1Br. The van der Waals surface area contributed by atoms with Crippen molar-refractivity contribution in [3.63, 3.8) is 0 Å². The van der Waals surface area contributed by atoms with E-state index in [2.05, 4.69) is 15.9 Å². The van der Waals surface area contributed by atoms with Gasteiger partial charge in [0.15, 0.2) is 0 Å². The highest BCUT2D eigenvalue weighted by Gasteiger charge is 2.28. The van der Waals surface area contributed by atoms with Crippen LogP contribution in [0.3, 0.4) is 0 Å². The Bertz CT molecular complexity index is 480. The summed E-state index contributed by atoms with van der Waals surface area (Å²) in [5.41, 5.74) is 0.290. The van der Waals surface area contributed by atoms with E-state index in [-0.39, 0.29) is 19.0 Å². The molecule has 0 radical (unpaired) electrons. The van der Waals surface area contributed by atoms with Gasteiger partial charge < -0.3 is 10.0 Å². The molecule has 0 atom stereocenters. The molecule has 5 heteroatoms. The van der Waals surface area contributed by atoms with E-state index in [4.69, 9.17) is 5.11 Å². The second-order valence-electron chi connectivity index (χ2n) is 5.40. The first-order valence-electron chi connectivity index (χ1n) is 5.96. The van der Waals surface area contributed by atoms with Crippen molar-refractivity contribution in [1.29, 1.82) is 0 Å². The van der Waals surface area contributed by atoms with E-state index < -0.39 is 11.4 Å². The lowest BCUT2D eigenvalue weighted by Gasteiger charge is -2.28. The van der Waals surface area contributed by atoms with Gasteiger partial charge in [0.25, 0.3) is 0 Å². The number of halogens is 1. The molecule has 104 valence electrons. The molecule has 0 aliphatic carbocycles. The van der Waals surface area contributed by atoms with Gasteiger partial charge in [-0.2, -0.15) is 0 Å². The van der Waals surface area contributed by atoms with Gasteiger partial charge in [-0.25, -0.2) is 0 Å². The summed E-state index contributed by atoms with van der Waals surface area (Å²) >= 11 is 3.41. The molecule has 0 saturated heterocycles. The van der Waals surface area contributed by atoms with Crippen molar-refractivity contribution in [3.8, 4) is 0 Å². The van der Waals surface area contributed by atoms with Gasteiger partial charge in [0, 0.05) is 16.4 Å². The molecule has 19 heavy (non-hydrogen) atoms. The van der Waals surface area contributed by atoms with Gasteiger partial charge in [0.2, 0.25) is 5.91 Å². The minimum atomic E-state index is -1.01. The van der Waals surface area contributed by atoms with Crippen molar-refractivity contribution >= 4 is 27.8 Å². The van der Waals surface area contributed by atoms with Crippen LogP contribution in [-0.4, -0.2) is 28.4 Å². The molecule has 0 aliphatic rings. The lowest BCUT2D eigenvalue weighted by atomic mass is 9.94. The number of carbonyl (C=O) groups is 2. The fourth-order valence-electron chi connectivity index (χ4n) is 1.67. The van der Waals surface area contributed by atoms with Gasteiger partial charge >= 0.3 is 5.97 Å². The highest BCUT2D eigenvalue weighted by molar-refractivity contribution is 9.10. The van der Waals surface area contributed by atoms with Crippen molar-refractivity contribution in [1.82, 2.24) is 4.90 Å². The van der Waals surface area contributed by atoms with E-state index in [9.17, 15) is 9.59 Å². The zero-order valence-corrected chi connectivity index (χ0v) is 12.9. The molecule has 1 rings (SSSR count). The summed E-state index contributed by atoms with van der Waals surface area (Å²) in [6.07, 6.45) is 0. The van der Waals surface area contributed by atoms with Crippen molar-refractivity contribution in [2.75, 3.05) is 6.54 Å². The first-order chi connectivity index (χ1) is 8.71. The lowest BCUT2D eigenvalue weighted by Crippen LogP contribution is -2.41. The number of benzene rings is 1. The van der Waals surface area contributed by atoms with Crippen LogP contribution in [0.4, 0.5) is 0 Å². The van der Waals surface area contributed by atoms with E-state index in [1.54, 1.807) is 20.8 Å². The normalized spacial score (nSPS) is 11.2. The Balaban J connectivity index is 2.96. The average molecular weight is 328 g/mol. The summed E-state index contributed by atoms with van der Waals surface area (Å²) in [4.78, 5) is 24.5. The van der Waals surface area contributed by atoms with Crippen LogP contribution < -0.4 is 0 Å². The van der Waals surface area contributed by atoms with Gasteiger partial charge in [0.1, 0.15) is 6.54 Å². The molecule has 0 aromatic heterocycles. The summed E-state index contributed by atoms with van der Waals surface area (Å²) in [7, 11) is 0. The molecule has 0 heterocycles. The third-order valence-electron chi connectivity index (χ3n) is 2.57. The number of nitrogens with zero attached hydrogens (tertiary/aromatic N) is 1. The van der Waals surface area contributed by atoms with E-state index in [0.29, 0.717) is 0 Å². The number of carboxylic acid groups (broad SMARTS) is 1. The van der Waals surface area contributed by atoms with Crippen LogP contribution >= 0.6 is 15.9 Å². The maximum Gasteiger partial charge on any atom is 0.323 e. The number of carbonyl (C=O) groups excluding carboxylic acids is 1. The minimum absolute atomic E-state index is 0.175. The predicted molar refractivity (Wildman–Crippen MR) is 76.6 cm³/mol. The number of rotatable bonds is 4. The third kappa shape index (κ3) is 4.67. The molecule has 1 aromatic rings. The number of amides is 1. The Hall–Kier alpha value is -1.36. The number of aliphatic carboxylic acids is 1. The summed E-state index contributed by atoms with van der Waals surface area (Å²) in [5.74, 6) is -1.18. The first-order valence-corrected chi connectivity index (χ1v) is 6.75. The largest absolute Gasteiger partial charge is 0.480 e. The third-order valence-corrected chi connectivity index (χ3v) is 3.35. The summed E-state index contributed by atoms with van der Waals surface area (Å²) in [6, 6.07) is 7.48.